The Labute approximate surface area is 170 Å². The molecule has 0 saturated heterocycles. The predicted molar refractivity (Wildman–Crippen MR) is 111 cm³/mol. The molecule has 3 aromatic rings. The third-order valence-electron chi connectivity index (χ3n) is 4.72. The lowest BCUT2D eigenvalue weighted by atomic mass is 10.0. The highest BCUT2D eigenvalue weighted by Gasteiger charge is 2.25. The summed E-state index contributed by atoms with van der Waals surface area (Å²) in [7, 11) is 1.32. The Bertz CT molecular complexity index is 1010. The van der Waals surface area contributed by atoms with Gasteiger partial charge < -0.3 is 10.1 Å². The molecule has 3 rings (SSSR count). The van der Waals surface area contributed by atoms with Gasteiger partial charge in [-0.1, -0.05) is 44.2 Å². The Kier molecular flexibility index (Phi) is 6.26. The zero-order chi connectivity index (χ0) is 21.0. The maximum atomic E-state index is 13.2. The van der Waals surface area contributed by atoms with E-state index in [1.807, 2.05) is 51.1 Å². The average Bonchev–Trinajstić information content (AvgIpc) is 3.15. The molecule has 1 aromatic carbocycles. The van der Waals surface area contributed by atoms with Crippen LogP contribution in [0.2, 0.25) is 0 Å². The number of nitrogens with zero attached hydrogens (tertiary/aromatic N) is 3. The minimum absolute atomic E-state index is 0.222. The summed E-state index contributed by atoms with van der Waals surface area (Å²) in [4.78, 5) is 30.0. The maximum absolute atomic E-state index is 13.2. The Morgan fingerprint density at radius 3 is 2.55 bits per heavy atom. The third-order valence-corrected chi connectivity index (χ3v) is 4.72. The molecule has 1 atom stereocenters. The number of hydrogen-bond donors (Lipinski definition) is 1. The van der Waals surface area contributed by atoms with Crippen molar-refractivity contribution in [3.05, 3.63) is 48.2 Å². The van der Waals surface area contributed by atoms with E-state index >= 15 is 0 Å². The fourth-order valence-corrected chi connectivity index (χ4v) is 3.29. The van der Waals surface area contributed by atoms with E-state index in [4.69, 9.17) is 9.72 Å². The first-order valence-electron chi connectivity index (χ1n) is 9.75. The lowest BCUT2D eigenvalue weighted by molar-refractivity contribution is -0.143. The highest BCUT2D eigenvalue weighted by Crippen LogP contribution is 2.25. The minimum atomic E-state index is -0.711. The van der Waals surface area contributed by atoms with Crippen LogP contribution in [0.25, 0.3) is 22.3 Å². The molecule has 0 aliphatic carbocycles. The van der Waals surface area contributed by atoms with Crippen LogP contribution >= 0.6 is 0 Å². The van der Waals surface area contributed by atoms with Gasteiger partial charge >= 0.3 is 5.97 Å². The van der Waals surface area contributed by atoms with Crippen molar-refractivity contribution in [2.75, 3.05) is 7.11 Å². The molecule has 0 bridgehead atoms. The van der Waals surface area contributed by atoms with Crippen LogP contribution in [-0.2, 0) is 16.1 Å². The molecule has 0 fully saturated rings. The Hall–Kier alpha value is -3.22. The van der Waals surface area contributed by atoms with E-state index < -0.39 is 12.0 Å². The number of carbonyl (C=O) groups is 2. The number of nitrogens with one attached hydrogen (secondary N) is 1. The van der Waals surface area contributed by atoms with Crippen molar-refractivity contribution in [3.63, 3.8) is 0 Å². The second kappa shape index (κ2) is 8.86. The summed E-state index contributed by atoms with van der Waals surface area (Å²) >= 11 is 0. The number of pyridine rings is 1. The van der Waals surface area contributed by atoms with E-state index in [9.17, 15) is 9.59 Å². The number of ether oxygens (including phenoxy) is 1. The van der Waals surface area contributed by atoms with E-state index in [0.29, 0.717) is 35.3 Å². The first-order chi connectivity index (χ1) is 13.9. The van der Waals surface area contributed by atoms with E-state index in [-0.39, 0.29) is 11.8 Å². The van der Waals surface area contributed by atoms with Crippen LogP contribution in [0.4, 0.5) is 0 Å². The molecule has 2 aromatic heterocycles. The summed E-state index contributed by atoms with van der Waals surface area (Å²) in [5.74, 6) is -0.578. The molecule has 0 aliphatic heterocycles. The van der Waals surface area contributed by atoms with Crippen molar-refractivity contribution in [2.24, 2.45) is 5.92 Å². The molecule has 7 nitrogen and oxygen atoms in total. The van der Waals surface area contributed by atoms with Crippen LogP contribution in [0.15, 0.2) is 42.6 Å². The first-order valence-corrected chi connectivity index (χ1v) is 9.75. The van der Waals surface area contributed by atoms with Crippen molar-refractivity contribution >= 4 is 22.9 Å². The Morgan fingerprint density at radius 2 is 1.93 bits per heavy atom. The van der Waals surface area contributed by atoms with Crippen molar-refractivity contribution < 1.29 is 14.3 Å². The van der Waals surface area contributed by atoms with Gasteiger partial charge in [0, 0.05) is 12.1 Å². The number of methoxy groups -OCH3 is 1. The largest absolute Gasteiger partial charge is 0.467 e. The molecule has 7 heteroatoms. The molecule has 0 saturated carbocycles. The molecular weight excluding hydrogens is 368 g/mol. The monoisotopic (exact) mass is 394 g/mol. The number of carbonyl (C=O) groups excluding carboxylic acids is 2. The lowest BCUT2D eigenvalue weighted by Gasteiger charge is -2.18. The fourth-order valence-electron chi connectivity index (χ4n) is 3.29. The van der Waals surface area contributed by atoms with Gasteiger partial charge in [-0.05, 0) is 25.3 Å². The zero-order valence-corrected chi connectivity index (χ0v) is 17.2. The molecule has 1 unspecified atom stereocenters. The number of aryl methyl sites for hydroxylation is 1. The lowest BCUT2D eigenvalue weighted by Crippen LogP contribution is -2.42. The average molecular weight is 394 g/mol. The van der Waals surface area contributed by atoms with Gasteiger partial charge in [0.1, 0.15) is 6.04 Å². The first kappa shape index (κ1) is 20.5. The summed E-state index contributed by atoms with van der Waals surface area (Å²) in [6, 6.07) is 10.7. The second-order valence-corrected chi connectivity index (χ2v) is 7.30. The number of benzene rings is 1. The second-order valence-electron chi connectivity index (χ2n) is 7.30. The van der Waals surface area contributed by atoms with Crippen LogP contribution in [0.3, 0.4) is 0 Å². The summed E-state index contributed by atoms with van der Waals surface area (Å²) < 4.78 is 6.62. The van der Waals surface area contributed by atoms with Crippen LogP contribution in [-0.4, -0.2) is 39.8 Å². The summed E-state index contributed by atoms with van der Waals surface area (Å²) in [6.07, 6.45) is 2.14. The Morgan fingerprint density at radius 1 is 1.21 bits per heavy atom. The SMILES string of the molecule is CCn1ncc2c(C(=O)NC(CC(C)C)C(=O)OC)cc(-c3ccccc3)nc21. The molecule has 0 aliphatic rings. The molecular formula is C22H26N4O3. The highest BCUT2D eigenvalue weighted by molar-refractivity contribution is 6.07. The number of amides is 1. The topological polar surface area (TPSA) is 86.1 Å². The van der Waals surface area contributed by atoms with Crippen LogP contribution in [0.1, 0.15) is 37.6 Å². The van der Waals surface area contributed by atoms with Gasteiger partial charge in [-0.2, -0.15) is 5.10 Å². The van der Waals surface area contributed by atoms with E-state index in [1.165, 1.54) is 7.11 Å². The molecule has 29 heavy (non-hydrogen) atoms. The Balaban J connectivity index is 2.06. The van der Waals surface area contributed by atoms with Crippen molar-refractivity contribution in [1.29, 1.82) is 0 Å². The predicted octanol–water partition coefficient (Wildman–Crippen LogP) is 3.44. The molecule has 2 heterocycles. The molecule has 0 spiro atoms. The van der Waals surface area contributed by atoms with Gasteiger partial charge in [0.25, 0.3) is 5.91 Å². The summed E-state index contributed by atoms with van der Waals surface area (Å²) in [6.45, 7) is 6.59. The zero-order valence-electron chi connectivity index (χ0n) is 17.2. The number of fused-ring (bicyclic) bond motifs is 1. The fraction of sp³-hybridized carbons (Fsp3) is 0.364. The molecule has 1 amide bonds. The van der Waals surface area contributed by atoms with E-state index in [0.717, 1.165) is 5.56 Å². The molecule has 1 N–H and O–H groups in total. The van der Waals surface area contributed by atoms with E-state index in [1.54, 1.807) is 16.9 Å². The van der Waals surface area contributed by atoms with Gasteiger partial charge in [0.05, 0.1) is 30.0 Å². The number of esters is 1. The van der Waals surface area contributed by atoms with Crippen molar-refractivity contribution in [2.45, 2.75) is 39.8 Å². The van der Waals surface area contributed by atoms with E-state index in [2.05, 4.69) is 10.4 Å². The highest BCUT2D eigenvalue weighted by atomic mass is 16.5. The number of rotatable bonds is 7. The van der Waals surface area contributed by atoms with Gasteiger partial charge in [-0.3, -0.25) is 4.79 Å². The molecule has 0 radical (unpaired) electrons. The third kappa shape index (κ3) is 4.45. The number of aromatic nitrogens is 3. The normalized spacial score (nSPS) is 12.2. The van der Waals surface area contributed by atoms with Crippen LogP contribution < -0.4 is 5.32 Å². The standard InChI is InChI=1S/C22H26N4O3/c1-5-26-20-17(13-23-26)16(12-18(24-20)15-9-7-6-8-10-15)21(27)25-19(11-14(2)3)22(28)29-4/h6-10,12-14,19H,5,11H2,1-4H3,(H,25,27). The van der Waals surface area contributed by atoms with Crippen LogP contribution in [0, 0.1) is 5.92 Å². The van der Waals surface area contributed by atoms with Gasteiger partial charge in [-0.15, -0.1) is 0 Å². The number of hydrogen-bond acceptors (Lipinski definition) is 5. The summed E-state index contributed by atoms with van der Waals surface area (Å²) in [5.41, 5.74) is 2.65. The van der Waals surface area contributed by atoms with Crippen molar-refractivity contribution in [3.8, 4) is 11.3 Å². The quantitative estimate of drug-likeness (QED) is 0.621. The van der Waals surface area contributed by atoms with Gasteiger partial charge in [0.15, 0.2) is 5.65 Å². The maximum Gasteiger partial charge on any atom is 0.328 e. The van der Waals surface area contributed by atoms with Crippen molar-refractivity contribution in [1.82, 2.24) is 20.1 Å². The summed E-state index contributed by atoms with van der Waals surface area (Å²) in [5, 5.41) is 7.84. The van der Waals surface area contributed by atoms with Gasteiger partial charge in [0.2, 0.25) is 0 Å². The van der Waals surface area contributed by atoms with Gasteiger partial charge in [-0.25, -0.2) is 14.5 Å². The minimum Gasteiger partial charge on any atom is -0.467 e. The van der Waals surface area contributed by atoms with Crippen LogP contribution in [0.5, 0.6) is 0 Å². The smallest absolute Gasteiger partial charge is 0.328 e. The molecule has 152 valence electrons.